The van der Waals surface area contributed by atoms with Crippen LogP contribution in [0.3, 0.4) is 0 Å². The van der Waals surface area contributed by atoms with E-state index in [4.69, 9.17) is 0 Å². The first-order valence-corrected chi connectivity index (χ1v) is 3.46. The van der Waals surface area contributed by atoms with Crippen LogP contribution in [0.2, 0.25) is 0 Å². The zero-order valence-corrected chi connectivity index (χ0v) is 7.33. The van der Waals surface area contributed by atoms with Gasteiger partial charge in [0.15, 0.2) is 0 Å². The molecule has 0 fully saturated rings. The fourth-order valence-corrected chi connectivity index (χ4v) is 0.321. The molecule has 1 aliphatic rings. The molecule has 57 valence electrons. The van der Waals surface area contributed by atoms with E-state index >= 15 is 0 Å². The van der Waals surface area contributed by atoms with Gasteiger partial charge in [-0.05, 0) is 0 Å². The average molecular weight is 139 g/mol. The Labute approximate surface area is 64.2 Å². The van der Waals surface area contributed by atoms with E-state index in [0.717, 1.165) is 4.48 Å². The number of hydrogen-bond donors (Lipinski definition) is 0. The van der Waals surface area contributed by atoms with Crippen LogP contribution >= 0.6 is 0 Å². The smallest absolute Gasteiger partial charge is 0.0675 e. The maximum atomic E-state index is 2.12. The van der Waals surface area contributed by atoms with Crippen LogP contribution in [0.15, 0.2) is 24.3 Å². The first kappa shape index (κ1) is 9.44. The van der Waals surface area contributed by atoms with Crippen molar-refractivity contribution in [2.45, 2.75) is 0 Å². The van der Waals surface area contributed by atoms with Gasteiger partial charge in [0.05, 0.1) is 28.2 Å². The van der Waals surface area contributed by atoms with Crippen molar-refractivity contribution in [3.63, 3.8) is 0 Å². The molecule has 10 heavy (non-hydrogen) atoms. The summed E-state index contributed by atoms with van der Waals surface area (Å²) in [6.07, 6.45) is 10.0. The summed E-state index contributed by atoms with van der Waals surface area (Å²) in [6.45, 7) is 0. The summed E-state index contributed by atoms with van der Waals surface area (Å²) >= 11 is 0. The topological polar surface area (TPSA) is 0 Å². The van der Waals surface area contributed by atoms with Gasteiger partial charge in [-0.25, -0.2) is 0 Å². The minimum atomic E-state index is 1.00. The van der Waals surface area contributed by atoms with Gasteiger partial charge in [0, 0.05) is 6.42 Å². The first-order valence-electron chi connectivity index (χ1n) is 3.46. The zero-order chi connectivity index (χ0) is 8.04. The highest BCUT2D eigenvalue weighted by Crippen LogP contribution is 1.91. The van der Waals surface area contributed by atoms with Gasteiger partial charge in [-0.1, -0.05) is 24.3 Å². The Morgan fingerprint density at radius 1 is 0.700 bits per heavy atom. The Bertz CT molecular complexity index is 110. The third kappa shape index (κ3) is 15.7. The Kier molecular flexibility index (Phi) is 4.05. The van der Waals surface area contributed by atoms with E-state index in [1.807, 2.05) is 30.7 Å². The van der Waals surface area contributed by atoms with Crippen LogP contribution in [0.25, 0.3) is 0 Å². The van der Waals surface area contributed by atoms with Gasteiger partial charge in [0.2, 0.25) is 0 Å². The molecule has 1 nitrogen and oxygen atoms in total. The van der Waals surface area contributed by atoms with Crippen LogP contribution in [0.5, 0.6) is 0 Å². The molecule has 0 unspecified atom stereocenters. The number of rotatable bonds is 0. The molecule has 1 radical (unpaired) electrons. The number of quaternary nitrogens is 1. The van der Waals surface area contributed by atoms with Crippen molar-refractivity contribution < 1.29 is 4.48 Å². The minimum Gasteiger partial charge on any atom is -0.333 e. The highest BCUT2D eigenvalue weighted by atomic mass is 15.2. The number of allylic oxidation sites excluding steroid dienone is 4. The van der Waals surface area contributed by atoms with Crippen molar-refractivity contribution in [2.24, 2.45) is 0 Å². The van der Waals surface area contributed by atoms with Gasteiger partial charge >= 0.3 is 0 Å². The zero-order valence-electron chi connectivity index (χ0n) is 7.33. The van der Waals surface area contributed by atoms with E-state index < -0.39 is 0 Å². The summed E-state index contributed by atoms with van der Waals surface area (Å²) in [6, 6.07) is 0. The van der Waals surface area contributed by atoms with Crippen LogP contribution in [0.4, 0.5) is 0 Å². The van der Waals surface area contributed by atoms with Crippen molar-refractivity contribution in [2.75, 3.05) is 28.2 Å². The third-order valence-corrected chi connectivity index (χ3v) is 0.556. The summed E-state index contributed by atoms with van der Waals surface area (Å²) < 4.78 is 1.00. The Balaban J connectivity index is 0.000000162. The Morgan fingerprint density at radius 2 is 1.00 bits per heavy atom. The average Bonchev–Trinajstić information content (AvgIpc) is 2.07. The first-order chi connectivity index (χ1) is 4.50. The highest BCUT2D eigenvalue weighted by Gasteiger charge is 1.88. The van der Waals surface area contributed by atoms with E-state index in [-0.39, 0.29) is 0 Å². The van der Waals surface area contributed by atoms with Crippen molar-refractivity contribution in [1.82, 2.24) is 0 Å². The highest BCUT2D eigenvalue weighted by molar-refractivity contribution is 5.23. The van der Waals surface area contributed by atoms with E-state index in [1.54, 1.807) is 0 Å². The van der Waals surface area contributed by atoms with Gasteiger partial charge in [-0.15, -0.1) is 0 Å². The molecule has 1 aliphatic carbocycles. The molecule has 1 heteroatoms. The molecule has 0 aliphatic heterocycles. The molecule has 0 aromatic heterocycles. The van der Waals surface area contributed by atoms with Crippen molar-refractivity contribution in [1.29, 1.82) is 0 Å². The van der Waals surface area contributed by atoms with Crippen LogP contribution < -0.4 is 0 Å². The summed E-state index contributed by atoms with van der Waals surface area (Å²) in [7, 11) is 8.50. The van der Waals surface area contributed by atoms with Gasteiger partial charge in [-0.2, -0.15) is 0 Å². The number of nitrogens with zero attached hydrogens (tertiary/aromatic N) is 1. The molecule has 0 amide bonds. The quantitative estimate of drug-likeness (QED) is 0.448. The lowest BCUT2D eigenvalue weighted by Crippen LogP contribution is -2.27. The minimum absolute atomic E-state index is 1.00. The van der Waals surface area contributed by atoms with E-state index in [9.17, 15) is 0 Å². The molecule has 0 spiro atoms. The monoisotopic (exact) mass is 139 g/mol. The van der Waals surface area contributed by atoms with Gasteiger partial charge in [-0.3, -0.25) is 0 Å². The van der Waals surface area contributed by atoms with E-state index in [1.165, 1.54) is 0 Å². The maximum absolute atomic E-state index is 2.12. The molecule has 0 heterocycles. The summed E-state index contributed by atoms with van der Waals surface area (Å²) in [5, 5.41) is 0. The second-order valence-electron chi connectivity index (χ2n) is 3.65. The molecule has 0 saturated heterocycles. The normalized spacial score (nSPS) is 14.8. The molecule has 0 aromatic carbocycles. The summed E-state index contributed by atoms with van der Waals surface area (Å²) in [5.41, 5.74) is 0. The standard InChI is InChI=1S/C5H5.C4H12N/c1-2-4-5-3-1;1-5(2,3)4/h1-5H;1-4H3/q;+1. The van der Waals surface area contributed by atoms with Crippen molar-refractivity contribution in [3.8, 4) is 0 Å². The van der Waals surface area contributed by atoms with Crippen LogP contribution in [-0.4, -0.2) is 32.7 Å². The molecule has 0 N–H and O–H groups in total. The van der Waals surface area contributed by atoms with Gasteiger partial charge in [0.25, 0.3) is 0 Å². The summed E-state index contributed by atoms with van der Waals surface area (Å²) in [5.74, 6) is 0. The molecule has 1 rings (SSSR count). The molecular weight excluding hydrogens is 122 g/mol. The molecular formula is C9H17N+. The fourth-order valence-electron chi connectivity index (χ4n) is 0.321. The second kappa shape index (κ2) is 4.29. The second-order valence-corrected chi connectivity index (χ2v) is 3.65. The van der Waals surface area contributed by atoms with Gasteiger partial charge < -0.3 is 4.48 Å². The lowest BCUT2D eigenvalue weighted by molar-refractivity contribution is -0.849. The van der Waals surface area contributed by atoms with E-state index in [0.29, 0.717) is 0 Å². The number of hydrogen-bond acceptors (Lipinski definition) is 0. The summed E-state index contributed by atoms with van der Waals surface area (Å²) in [4.78, 5) is 0. The predicted molar refractivity (Wildman–Crippen MR) is 46.5 cm³/mol. The molecule has 0 saturated carbocycles. The Hall–Kier alpha value is -0.560. The third-order valence-electron chi connectivity index (χ3n) is 0.556. The van der Waals surface area contributed by atoms with Crippen LogP contribution in [-0.2, 0) is 0 Å². The fraction of sp³-hybridized carbons (Fsp3) is 0.444. The molecule has 0 aromatic rings. The SMILES string of the molecule is C[N+](C)(C)C.[CH]1C=CC=C1. The van der Waals surface area contributed by atoms with Crippen molar-refractivity contribution >= 4 is 0 Å². The lowest BCUT2D eigenvalue weighted by atomic mass is 10.5. The van der Waals surface area contributed by atoms with Crippen LogP contribution in [0, 0.1) is 6.42 Å². The van der Waals surface area contributed by atoms with Crippen LogP contribution in [0.1, 0.15) is 0 Å². The maximum Gasteiger partial charge on any atom is 0.0675 e. The lowest BCUT2D eigenvalue weighted by Gasteiger charge is -2.14. The largest absolute Gasteiger partial charge is 0.333 e. The molecule has 0 bridgehead atoms. The van der Waals surface area contributed by atoms with E-state index in [2.05, 4.69) is 28.2 Å². The van der Waals surface area contributed by atoms with Crippen molar-refractivity contribution in [3.05, 3.63) is 30.7 Å². The van der Waals surface area contributed by atoms with Gasteiger partial charge in [0.1, 0.15) is 0 Å². The predicted octanol–water partition coefficient (Wildman–Crippen LogP) is 1.64. The molecule has 0 atom stereocenters. The Morgan fingerprint density at radius 3 is 1.10 bits per heavy atom.